The second-order valence-electron chi connectivity index (χ2n) is 7.00. The van der Waals surface area contributed by atoms with Gasteiger partial charge in [0.2, 0.25) is 5.91 Å². The highest BCUT2D eigenvalue weighted by molar-refractivity contribution is 7.18. The molecule has 31 heavy (non-hydrogen) atoms. The first kappa shape index (κ1) is 22.4. The number of benzene rings is 2. The van der Waals surface area contributed by atoms with Crippen molar-refractivity contribution in [1.82, 2.24) is 0 Å². The third-order valence-electron chi connectivity index (χ3n) is 4.97. The average molecular weight is 436 g/mol. The van der Waals surface area contributed by atoms with Crippen LogP contribution >= 0.6 is 11.3 Å². The van der Waals surface area contributed by atoms with E-state index < -0.39 is 11.9 Å². The van der Waals surface area contributed by atoms with Crippen LogP contribution in [-0.2, 0) is 9.53 Å². The fourth-order valence-electron chi connectivity index (χ4n) is 3.45. The molecule has 2 aromatic carbocycles. The molecule has 5 nitrogen and oxygen atoms in total. The average Bonchev–Trinajstić information content (AvgIpc) is 3.10. The van der Waals surface area contributed by atoms with Crippen molar-refractivity contribution in [3.63, 3.8) is 0 Å². The van der Waals surface area contributed by atoms with Crippen LogP contribution in [0.1, 0.15) is 62.9 Å². The summed E-state index contributed by atoms with van der Waals surface area (Å²) in [6, 6.07) is 18.9. The van der Waals surface area contributed by atoms with Crippen LogP contribution in [0.3, 0.4) is 0 Å². The topological polar surface area (TPSA) is 72.5 Å². The Hall–Kier alpha value is -3.25. The molecule has 0 atom stereocenters. The van der Waals surface area contributed by atoms with Gasteiger partial charge in [0.1, 0.15) is 5.00 Å². The molecule has 160 valence electrons. The zero-order valence-electron chi connectivity index (χ0n) is 17.8. The zero-order chi connectivity index (χ0) is 22.4. The third-order valence-corrected chi connectivity index (χ3v) is 6.21. The van der Waals surface area contributed by atoms with Crippen LogP contribution in [0.4, 0.5) is 5.00 Å². The highest BCUT2D eigenvalue weighted by Crippen LogP contribution is 2.36. The number of carbonyl (C=O) groups excluding carboxylic acids is 3. The van der Waals surface area contributed by atoms with Gasteiger partial charge in [0.25, 0.3) is 0 Å². The number of anilines is 1. The first-order valence-electron chi connectivity index (χ1n) is 10.2. The zero-order valence-corrected chi connectivity index (χ0v) is 18.6. The summed E-state index contributed by atoms with van der Waals surface area (Å²) < 4.78 is 5.19. The molecule has 0 fully saturated rings. The van der Waals surface area contributed by atoms with Crippen molar-refractivity contribution in [2.75, 3.05) is 11.9 Å². The molecule has 0 bridgehead atoms. The first-order valence-corrected chi connectivity index (χ1v) is 11.0. The van der Waals surface area contributed by atoms with Crippen molar-refractivity contribution in [3.05, 3.63) is 87.8 Å². The van der Waals surface area contributed by atoms with E-state index >= 15 is 0 Å². The lowest BCUT2D eigenvalue weighted by Crippen LogP contribution is -2.23. The normalized spacial score (nSPS) is 10.7. The summed E-state index contributed by atoms with van der Waals surface area (Å²) in [4.78, 5) is 38.9. The minimum atomic E-state index is -0.565. The van der Waals surface area contributed by atoms with Crippen molar-refractivity contribution in [3.8, 4) is 0 Å². The summed E-state index contributed by atoms with van der Waals surface area (Å²) in [6.45, 7) is 5.41. The standard InChI is InChI=1S/C25H25NO4S/c1-4-19(27)22-16(3)20(25(29)30-5-2)24(31-22)26-23(28)21(17-12-8-6-9-13-17)18-14-10-7-11-15-18/h6-15,21H,4-5H2,1-3H3,(H,26,28). The van der Waals surface area contributed by atoms with E-state index in [2.05, 4.69) is 5.32 Å². The predicted molar refractivity (Wildman–Crippen MR) is 123 cm³/mol. The van der Waals surface area contributed by atoms with E-state index in [1.54, 1.807) is 20.8 Å². The van der Waals surface area contributed by atoms with Gasteiger partial charge in [-0.1, -0.05) is 67.6 Å². The van der Waals surface area contributed by atoms with Gasteiger partial charge >= 0.3 is 5.97 Å². The molecule has 3 aromatic rings. The molecular weight excluding hydrogens is 410 g/mol. The molecule has 0 aliphatic carbocycles. The van der Waals surface area contributed by atoms with Gasteiger partial charge in [0.05, 0.1) is 23.0 Å². The van der Waals surface area contributed by atoms with Gasteiger partial charge in [-0.05, 0) is 30.5 Å². The fourth-order valence-corrected chi connectivity index (χ4v) is 4.65. The minimum Gasteiger partial charge on any atom is -0.462 e. The SMILES string of the molecule is CCOC(=O)c1c(NC(=O)C(c2ccccc2)c2ccccc2)sc(C(=O)CC)c1C. The number of Topliss-reactive ketones (excluding diaryl/α,β-unsaturated/α-hetero) is 1. The molecule has 1 amide bonds. The maximum atomic E-state index is 13.5. The van der Waals surface area contributed by atoms with Gasteiger partial charge in [0.15, 0.2) is 5.78 Å². The fraction of sp³-hybridized carbons (Fsp3) is 0.240. The number of nitrogens with one attached hydrogen (secondary N) is 1. The third kappa shape index (κ3) is 4.91. The molecule has 1 heterocycles. The molecule has 0 aliphatic heterocycles. The molecule has 1 N–H and O–H groups in total. The molecule has 0 radical (unpaired) electrons. The van der Waals surface area contributed by atoms with E-state index in [1.165, 1.54) is 0 Å². The lowest BCUT2D eigenvalue weighted by atomic mass is 9.90. The van der Waals surface area contributed by atoms with Crippen LogP contribution in [-0.4, -0.2) is 24.3 Å². The van der Waals surface area contributed by atoms with Gasteiger partial charge < -0.3 is 10.1 Å². The highest BCUT2D eigenvalue weighted by Gasteiger charge is 2.29. The number of rotatable bonds is 8. The number of hydrogen-bond donors (Lipinski definition) is 1. The van der Waals surface area contributed by atoms with E-state index in [-0.39, 0.29) is 23.9 Å². The number of thiophene rings is 1. The quantitative estimate of drug-likeness (QED) is 0.369. The Balaban J connectivity index is 2.04. The van der Waals surface area contributed by atoms with Gasteiger partial charge in [-0.3, -0.25) is 9.59 Å². The van der Waals surface area contributed by atoms with Gasteiger partial charge in [0, 0.05) is 6.42 Å². The predicted octanol–water partition coefficient (Wildman–Crippen LogP) is 5.60. The maximum Gasteiger partial charge on any atom is 0.341 e. The van der Waals surface area contributed by atoms with Crippen LogP contribution in [0.2, 0.25) is 0 Å². The van der Waals surface area contributed by atoms with Crippen LogP contribution in [0.15, 0.2) is 60.7 Å². The number of amides is 1. The summed E-state index contributed by atoms with van der Waals surface area (Å²) in [6.07, 6.45) is 0.313. The molecule has 1 aromatic heterocycles. The summed E-state index contributed by atoms with van der Waals surface area (Å²) >= 11 is 1.13. The van der Waals surface area contributed by atoms with Crippen molar-refractivity contribution in [1.29, 1.82) is 0 Å². The summed E-state index contributed by atoms with van der Waals surface area (Å²) in [5.74, 6) is -1.46. The van der Waals surface area contributed by atoms with Crippen molar-refractivity contribution < 1.29 is 19.1 Å². The van der Waals surface area contributed by atoms with E-state index in [4.69, 9.17) is 4.74 Å². The number of carbonyl (C=O) groups is 3. The van der Waals surface area contributed by atoms with E-state index in [9.17, 15) is 14.4 Å². The van der Waals surface area contributed by atoms with Crippen molar-refractivity contribution >= 4 is 34.0 Å². The Morgan fingerprint density at radius 3 is 1.97 bits per heavy atom. The molecule has 0 saturated carbocycles. The molecule has 3 rings (SSSR count). The number of esters is 1. The van der Waals surface area contributed by atoms with E-state index in [0.717, 1.165) is 22.5 Å². The largest absolute Gasteiger partial charge is 0.462 e. The van der Waals surface area contributed by atoms with Crippen LogP contribution in [0, 0.1) is 6.92 Å². The van der Waals surface area contributed by atoms with Crippen LogP contribution in [0.25, 0.3) is 0 Å². The minimum absolute atomic E-state index is 0.0729. The van der Waals surface area contributed by atoms with Crippen LogP contribution < -0.4 is 5.32 Å². The first-order chi connectivity index (χ1) is 15.0. The Morgan fingerprint density at radius 1 is 0.935 bits per heavy atom. The summed E-state index contributed by atoms with van der Waals surface area (Å²) in [5.41, 5.74) is 2.46. The molecule has 6 heteroatoms. The monoisotopic (exact) mass is 435 g/mol. The van der Waals surface area contributed by atoms with Crippen molar-refractivity contribution in [2.24, 2.45) is 0 Å². The second-order valence-corrected chi connectivity index (χ2v) is 8.02. The van der Waals surface area contributed by atoms with Gasteiger partial charge in [-0.25, -0.2) is 4.79 Å². The molecular formula is C25H25NO4S. The Bertz CT molecular complexity index is 1030. The van der Waals surface area contributed by atoms with Crippen LogP contribution in [0.5, 0.6) is 0 Å². The summed E-state index contributed by atoms with van der Waals surface area (Å²) in [7, 11) is 0. The van der Waals surface area contributed by atoms with Gasteiger partial charge in [-0.15, -0.1) is 11.3 Å². The Labute approximate surface area is 186 Å². The molecule has 0 unspecified atom stereocenters. The van der Waals surface area contributed by atoms with Crippen molar-refractivity contribution in [2.45, 2.75) is 33.1 Å². The molecule has 0 aliphatic rings. The highest BCUT2D eigenvalue weighted by atomic mass is 32.1. The number of ketones is 1. The smallest absolute Gasteiger partial charge is 0.341 e. The number of hydrogen-bond acceptors (Lipinski definition) is 5. The number of ether oxygens (including phenoxy) is 1. The lowest BCUT2D eigenvalue weighted by Gasteiger charge is -2.18. The summed E-state index contributed by atoms with van der Waals surface area (Å²) in [5, 5.41) is 3.26. The molecule has 0 spiro atoms. The lowest BCUT2D eigenvalue weighted by molar-refractivity contribution is -0.116. The van der Waals surface area contributed by atoms with Gasteiger partial charge in [-0.2, -0.15) is 0 Å². The Kier molecular flexibility index (Phi) is 7.36. The second kappa shape index (κ2) is 10.2. The molecule has 0 saturated heterocycles. The Morgan fingerprint density at radius 2 is 1.48 bits per heavy atom. The van der Waals surface area contributed by atoms with E-state index in [0.29, 0.717) is 21.9 Å². The maximum absolute atomic E-state index is 13.5. The van der Waals surface area contributed by atoms with E-state index in [1.807, 2.05) is 60.7 Å².